The first-order valence-corrected chi connectivity index (χ1v) is 11.3. The number of aromatic amines is 2. The highest BCUT2D eigenvalue weighted by molar-refractivity contribution is 6.43. The summed E-state index contributed by atoms with van der Waals surface area (Å²) in [6.45, 7) is 3.27. The summed E-state index contributed by atoms with van der Waals surface area (Å²) in [6.07, 6.45) is 2.34. The molecule has 6 nitrogen and oxygen atoms in total. The summed E-state index contributed by atoms with van der Waals surface area (Å²) in [5.41, 5.74) is 3.41. The number of imidazole rings is 1. The lowest BCUT2D eigenvalue weighted by molar-refractivity contribution is 0.0976. The summed E-state index contributed by atoms with van der Waals surface area (Å²) in [5.74, 6) is 1.13. The summed E-state index contributed by atoms with van der Waals surface area (Å²) in [5, 5.41) is 5.43. The van der Waals surface area contributed by atoms with Gasteiger partial charge in [-0.3, -0.25) is 4.79 Å². The van der Waals surface area contributed by atoms with Crippen molar-refractivity contribution in [2.24, 2.45) is 5.92 Å². The molecule has 2 aromatic heterocycles. The van der Waals surface area contributed by atoms with Crippen molar-refractivity contribution in [3.63, 3.8) is 0 Å². The zero-order valence-electron chi connectivity index (χ0n) is 16.7. The Hall–Kier alpha value is -2.54. The molecule has 2 aromatic carbocycles. The number of rotatable bonds is 3. The van der Waals surface area contributed by atoms with E-state index in [-0.39, 0.29) is 11.6 Å². The van der Waals surface area contributed by atoms with Crippen LogP contribution in [0.2, 0.25) is 10.0 Å². The number of hydrogen-bond acceptors (Lipinski definition) is 4. The van der Waals surface area contributed by atoms with Crippen LogP contribution in [0.3, 0.4) is 0 Å². The molecule has 1 atom stereocenters. The van der Waals surface area contributed by atoms with Crippen LogP contribution in [0.5, 0.6) is 0 Å². The lowest BCUT2D eigenvalue weighted by Crippen LogP contribution is -2.53. The number of aromatic nitrogens is 3. The number of benzene rings is 2. The molecule has 0 radical (unpaired) electrons. The zero-order valence-corrected chi connectivity index (χ0v) is 18.2. The standard InChI is InChI=1S/C23H21Cl2N5O/c24-14-9-13-18(10-15(14)25)29-23(31)20(22-27-16-3-1-2-4-17(16)28-22)21(13)26-19-11-30-7-5-12(19)6-8-30/h1-4,9-10,12,19H,5-8,11H2,(H,27,28)(H2,26,29,31)/t19-/m0/s1. The van der Waals surface area contributed by atoms with Crippen molar-refractivity contribution in [1.29, 1.82) is 0 Å². The molecule has 3 saturated heterocycles. The summed E-state index contributed by atoms with van der Waals surface area (Å²) in [6, 6.07) is 11.6. The van der Waals surface area contributed by atoms with Gasteiger partial charge >= 0.3 is 0 Å². The molecule has 3 fully saturated rings. The number of nitrogens with zero attached hydrogens (tertiary/aromatic N) is 2. The Morgan fingerprint density at radius 1 is 1.03 bits per heavy atom. The normalized spacial score (nSPS) is 23.0. The highest BCUT2D eigenvalue weighted by atomic mass is 35.5. The fourth-order valence-electron chi connectivity index (χ4n) is 5.05. The number of halogens is 2. The van der Waals surface area contributed by atoms with E-state index in [0.717, 1.165) is 41.7 Å². The predicted octanol–water partition coefficient (Wildman–Crippen LogP) is 4.88. The average Bonchev–Trinajstić information content (AvgIpc) is 3.20. The van der Waals surface area contributed by atoms with Crippen LogP contribution < -0.4 is 10.9 Å². The molecule has 0 amide bonds. The van der Waals surface area contributed by atoms with Gasteiger partial charge < -0.3 is 20.2 Å². The van der Waals surface area contributed by atoms with Crippen LogP contribution in [-0.4, -0.2) is 45.5 Å². The largest absolute Gasteiger partial charge is 0.379 e. The quantitative estimate of drug-likeness (QED) is 0.412. The van der Waals surface area contributed by atoms with E-state index in [0.29, 0.717) is 32.9 Å². The molecule has 158 valence electrons. The molecule has 4 aromatic rings. The summed E-state index contributed by atoms with van der Waals surface area (Å²) in [4.78, 5) is 26.8. The van der Waals surface area contributed by atoms with Crippen LogP contribution in [0.1, 0.15) is 12.8 Å². The molecule has 8 heteroatoms. The third kappa shape index (κ3) is 3.21. The van der Waals surface area contributed by atoms with E-state index in [4.69, 9.17) is 28.2 Å². The van der Waals surface area contributed by atoms with E-state index in [2.05, 4.69) is 20.2 Å². The van der Waals surface area contributed by atoms with Crippen molar-refractivity contribution in [2.75, 3.05) is 25.0 Å². The number of H-pyrrole nitrogens is 2. The third-order valence-corrected chi connectivity index (χ3v) is 7.39. The minimum atomic E-state index is -0.214. The Morgan fingerprint density at radius 2 is 1.81 bits per heavy atom. The van der Waals surface area contributed by atoms with Crippen LogP contribution in [0.15, 0.2) is 41.2 Å². The SMILES string of the molecule is O=c1[nH]c2cc(Cl)c(Cl)cc2c(N[C@H]2CN3CCC2CC3)c1-c1nc2ccccc2[nH]1. The van der Waals surface area contributed by atoms with Crippen molar-refractivity contribution < 1.29 is 0 Å². The van der Waals surface area contributed by atoms with E-state index in [1.54, 1.807) is 6.07 Å². The number of fused-ring (bicyclic) bond motifs is 5. The van der Waals surface area contributed by atoms with Gasteiger partial charge in [0.15, 0.2) is 0 Å². The van der Waals surface area contributed by atoms with Gasteiger partial charge in [0.25, 0.3) is 5.56 Å². The monoisotopic (exact) mass is 453 g/mol. The van der Waals surface area contributed by atoms with Gasteiger partial charge in [-0.05, 0) is 56.1 Å². The predicted molar refractivity (Wildman–Crippen MR) is 126 cm³/mol. The first-order valence-electron chi connectivity index (χ1n) is 10.6. The molecule has 3 aliphatic heterocycles. The number of hydrogen-bond donors (Lipinski definition) is 3. The molecule has 0 unspecified atom stereocenters. The molecule has 0 aliphatic carbocycles. The fraction of sp³-hybridized carbons (Fsp3) is 0.304. The van der Waals surface area contributed by atoms with E-state index >= 15 is 0 Å². The van der Waals surface area contributed by atoms with Crippen LogP contribution >= 0.6 is 23.2 Å². The van der Waals surface area contributed by atoms with Crippen molar-refractivity contribution in [3.8, 4) is 11.4 Å². The second-order valence-electron chi connectivity index (χ2n) is 8.51. The van der Waals surface area contributed by atoms with Crippen LogP contribution in [0.25, 0.3) is 33.3 Å². The molecule has 7 rings (SSSR count). The van der Waals surface area contributed by atoms with Crippen LogP contribution in [-0.2, 0) is 0 Å². The molecule has 0 spiro atoms. The van der Waals surface area contributed by atoms with Gasteiger partial charge in [0, 0.05) is 18.0 Å². The number of piperidine rings is 3. The molecular formula is C23H21Cl2N5O. The van der Waals surface area contributed by atoms with E-state index in [9.17, 15) is 4.79 Å². The first kappa shape index (κ1) is 19.2. The average molecular weight is 454 g/mol. The lowest BCUT2D eigenvalue weighted by atomic mass is 9.83. The smallest absolute Gasteiger partial charge is 0.261 e. The molecule has 3 N–H and O–H groups in total. The maximum absolute atomic E-state index is 13.3. The maximum atomic E-state index is 13.3. The number of para-hydroxylation sites is 2. The van der Waals surface area contributed by atoms with Gasteiger partial charge in [-0.2, -0.15) is 0 Å². The minimum Gasteiger partial charge on any atom is -0.379 e. The van der Waals surface area contributed by atoms with E-state index in [1.807, 2.05) is 30.3 Å². The van der Waals surface area contributed by atoms with E-state index < -0.39 is 0 Å². The van der Waals surface area contributed by atoms with Crippen molar-refractivity contribution in [2.45, 2.75) is 18.9 Å². The van der Waals surface area contributed by atoms with Gasteiger partial charge in [-0.1, -0.05) is 35.3 Å². The Bertz CT molecular complexity index is 1340. The Kier molecular flexibility index (Phi) is 4.49. The Morgan fingerprint density at radius 3 is 2.55 bits per heavy atom. The van der Waals surface area contributed by atoms with Crippen molar-refractivity contribution in [3.05, 3.63) is 56.8 Å². The first-order chi connectivity index (χ1) is 15.1. The molecule has 5 heterocycles. The Balaban J connectivity index is 1.58. The highest BCUT2D eigenvalue weighted by Gasteiger charge is 2.35. The summed E-state index contributed by atoms with van der Waals surface area (Å²) in [7, 11) is 0. The number of pyridine rings is 1. The third-order valence-electron chi connectivity index (χ3n) is 6.67. The minimum absolute atomic E-state index is 0.214. The molecule has 3 aliphatic rings. The zero-order chi connectivity index (χ0) is 21.1. The lowest BCUT2D eigenvalue weighted by Gasteiger charge is -2.45. The van der Waals surface area contributed by atoms with Gasteiger partial charge in [-0.15, -0.1) is 0 Å². The van der Waals surface area contributed by atoms with Crippen LogP contribution in [0.4, 0.5) is 5.69 Å². The Labute approximate surface area is 188 Å². The molecule has 0 saturated carbocycles. The number of anilines is 1. The second kappa shape index (κ2) is 7.26. The van der Waals surface area contributed by atoms with Gasteiger partial charge in [0.1, 0.15) is 11.4 Å². The molecule has 2 bridgehead atoms. The maximum Gasteiger partial charge on any atom is 0.261 e. The second-order valence-corrected chi connectivity index (χ2v) is 9.32. The molecular weight excluding hydrogens is 433 g/mol. The summed E-state index contributed by atoms with van der Waals surface area (Å²) >= 11 is 12.6. The highest BCUT2D eigenvalue weighted by Crippen LogP contribution is 2.38. The fourth-order valence-corrected chi connectivity index (χ4v) is 5.38. The van der Waals surface area contributed by atoms with Gasteiger partial charge in [0.2, 0.25) is 0 Å². The van der Waals surface area contributed by atoms with E-state index in [1.165, 1.54) is 12.8 Å². The molecule has 31 heavy (non-hydrogen) atoms. The number of nitrogens with one attached hydrogen (secondary N) is 3. The topological polar surface area (TPSA) is 76.8 Å². The van der Waals surface area contributed by atoms with Gasteiger partial charge in [0.05, 0.1) is 32.3 Å². The summed E-state index contributed by atoms with van der Waals surface area (Å²) < 4.78 is 0. The van der Waals surface area contributed by atoms with Crippen molar-refractivity contribution >= 4 is 50.8 Å². The van der Waals surface area contributed by atoms with Crippen LogP contribution in [0, 0.1) is 5.92 Å². The van der Waals surface area contributed by atoms with Gasteiger partial charge in [-0.25, -0.2) is 4.98 Å². The van der Waals surface area contributed by atoms with Crippen molar-refractivity contribution in [1.82, 2.24) is 19.9 Å².